The number of benzene rings is 1. The maximum absolute atomic E-state index is 10.8. The van der Waals surface area contributed by atoms with Crippen LogP contribution in [0.5, 0.6) is 0 Å². The van der Waals surface area contributed by atoms with Crippen molar-refractivity contribution in [3.05, 3.63) is 35.7 Å². The number of nitrogens with zero attached hydrogens (tertiary/aromatic N) is 4. The van der Waals surface area contributed by atoms with Crippen LogP contribution in [0.2, 0.25) is 0 Å². The Bertz CT molecular complexity index is 658. The lowest BCUT2D eigenvalue weighted by molar-refractivity contribution is -0.115. The third kappa shape index (κ3) is 2.92. The smallest absolute Gasteiger partial charge is 0.227 e. The van der Waals surface area contributed by atoms with Crippen LogP contribution in [0.4, 0.5) is 0 Å². The van der Waals surface area contributed by atoms with Crippen molar-refractivity contribution in [2.24, 2.45) is 5.73 Å². The summed E-state index contributed by atoms with van der Waals surface area (Å²) in [7, 11) is 0. The van der Waals surface area contributed by atoms with Crippen molar-refractivity contribution in [1.29, 1.82) is 5.26 Å². The maximum atomic E-state index is 10.8. The minimum absolute atomic E-state index is 0.135. The molecule has 2 rings (SSSR count). The fourth-order valence-corrected chi connectivity index (χ4v) is 2.32. The van der Waals surface area contributed by atoms with Crippen molar-refractivity contribution in [2.45, 2.75) is 12.1 Å². The summed E-state index contributed by atoms with van der Waals surface area (Å²) < 4.78 is 1.79. The largest absolute Gasteiger partial charge is 0.369 e. The van der Waals surface area contributed by atoms with Crippen LogP contribution < -0.4 is 5.73 Å². The van der Waals surface area contributed by atoms with Gasteiger partial charge in [-0.05, 0) is 25.1 Å². The molecule has 0 atom stereocenters. The van der Waals surface area contributed by atoms with Crippen molar-refractivity contribution in [3.63, 3.8) is 0 Å². The first kappa shape index (κ1) is 13.1. The van der Waals surface area contributed by atoms with Gasteiger partial charge in [-0.2, -0.15) is 5.26 Å². The van der Waals surface area contributed by atoms with Crippen LogP contribution in [0, 0.1) is 18.3 Å². The summed E-state index contributed by atoms with van der Waals surface area (Å²) in [6.07, 6.45) is 0. The molecule has 0 aliphatic heterocycles. The molecule has 2 aromatic rings. The number of thioether (sulfide) groups is 1. The molecular weight excluding hydrogens is 262 g/mol. The van der Waals surface area contributed by atoms with Gasteiger partial charge in [0.2, 0.25) is 5.91 Å². The normalized spacial score (nSPS) is 10.1. The number of carbonyl (C=O) groups is 1. The Hall–Kier alpha value is -2.33. The van der Waals surface area contributed by atoms with E-state index in [2.05, 4.69) is 16.3 Å². The minimum Gasteiger partial charge on any atom is -0.369 e. The van der Waals surface area contributed by atoms with Gasteiger partial charge >= 0.3 is 0 Å². The molecule has 0 spiro atoms. The molecular formula is C12H11N5OS. The molecule has 0 saturated carbocycles. The Morgan fingerprint density at radius 2 is 2.32 bits per heavy atom. The number of rotatable bonds is 4. The fourth-order valence-electron chi connectivity index (χ4n) is 1.58. The summed E-state index contributed by atoms with van der Waals surface area (Å²) in [5.74, 6) is 0.404. The quantitative estimate of drug-likeness (QED) is 0.839. The Morgan fingerprint density at radius 1 is 1.53 bits per heavy atom. The van der Waals surface area contributed by atoms with E-state index < -0.39 is 5.91 Å². The van der Waals surface area contributed by atoms with E-state index in [1.807, 2.05) is 6.07 Å². The second-order valence-corrected chi connectivity index (χ2v) is 4.72. The van der Waals surface area contributed by atoms with Gasteiger partial charge in [0.05, 0.1) is 23.1 Å². The van der Waals surface area contributed by atoms with Crippen molar-refractivity contribution in [1.82, 2.24) is 14.8 Å². The molecule has 1 amide bonds. The summed E-state index contributed by atoms with van der Waals surface area (Å²) >= 11 is 1.22. The monoisotopic (exact) mass is 273 g/mol. The van der Waals surface area contributed by atoms with Gasteiger partial charge in [-0.1, -0.05) is 17.8 Å². The van der Waals surface area contributed by atoms with Gasteiger partial charge in [-0.3, -0.25) is 9.36 Å². The highest BCUT2D eigenvalue weighted by atomic mass is 32.2. The topological polar surface area (TPSA) is 97.6 Å². The van der Waals surface area contributed by atoms with E-state index in [1.165, 1.54) is 11.8 Å². The molecule has 1 aromatic heterocycles. The van der Waals surface area contributed by atoms with E-state index in [9.17, 15) is 4.79 Å². The third-order valence-electron chi connectivity index (χ3n) is 2.37. The zero-order valence-corrected chi connectivity index (χ0v) is 11.0. The molecule has 0 bridgehead atoms. The minimum atomic E-state index is -0.414. The zero-order chi connectivity index (χ0) is 13.8. The highest BCUT2D eigenvalue weighted by Crippen LogP contribution is 2.21. The second kappa shape index (κ2) is 5.54. The second-order valence-electron chi connectivity index (χ2n) is 3.78. The number of aromatic nitrogens is 3. The van der Waals surface area contributed by atoms with Gasteiger partial charge in [-0.15, -0.1) is 10.2 Å². The molecule has 1 aromatic carbocycles. The number of primary amides is 1. The number of nitrogens with two attached hydrogens (primary N) is 1. The fraction of sp³-hybridized carbons (Fsp3) is 0.167. The van der Waals surface area contributed by atoms with Gasteiger partial charge in [0.1, 0.15) is 5.82 Å². The number of aryl methyl sites for hydroxylation is 1. The van der Waals surface area contributed by atoms with Crippen molar-refractivity contribution >= 4 is 17.7 Å². The Kier molecular flexibility index (Phi) is 3.82. The van der Waals surface area contributed by atoms with Crippen molar-refractivity contribution in [3.8, 4) is 11.8 Å². The van der Waals surface area contributed by atoms with Crippen LogP contribution in [0.1, 0.15) is 11.4 Å². The summed E-state index contributed by atoms with van der Waals surface area (Å²) in [6, 6.07) is 9.19. The predicted molar refractivity (Wildman–Crippen MR) is 70.7 cm³/mol. The lowest BCUT2D eigenvalue weighted by Gasteiger charge is -2.07. The van der Waals surface area contributed by atoms with Crippen molar-refractivity contribution < 1.29 is 4.79 Å². The lowest BCUT2D eigenvalue weighted by Crippen LogP contribution is -2.13. The Morgan fingerprint density at radius 3 is 3.00 bits per heavy atom. The summed E-state index contributed by atoms with van der Waals surface area (Å²) in [5, 5.41) is 17.5. The lowest BCUT2D eigenvalue weighted by atomic mass is 10.2. The van der Waals surface area contributed by atoms with E-state index in [-0.39, 0.29) is 5.75 Å². The van der Waals surface area contributed by atoms with Crippen LogP contribution in [0.15, 0.2) is 29.4 Å². The van der Waals surface area contributed by atoms with E-state index in [4.69, 9.17) is 11.0 Å². The highest BCUT2D eigenvalue weighted by molar-refractivity contribution is 7.99. The number of nitriles is 1. The molecule has 2 N–H and O–H groups in total. The first-order valence-electron chi connectivity index (χ1n) is 5.45. The molecule has 96 valence electrons. The van der Waals surface area contributed by atoms with Crippen LogP contribution in [0.3, 0.4) is 0 Å². The van der Waals surface area contributed by atoms with E-state index in [1.54, 1.807) is 29.7 Å². The first-order chi connectivity index (χ1) is 9.11. The average Bonchev–Trinajstić information content (AvgIpc) is 2.77. The van der Waals surface area contributed by atoms with Gasteiger partial charge in [0.25, 0.3) is 0 Å². The number of hydrogen-bond acceptors (Lipinski definition) is 5. The molecule has 6 nitrogen and oxygen atoms in total. The van der Waals surface area contributed by atoms with E-state index >= 15 is 0 Å². The average molecular weight is 273 g/mol. The third-order valence-corrected chi connectivity index (χ3v) is 3.32. The molecule has 1 heterocycles. The molecule has 7 heteroatoms. The number of amides is 1. The summed E-state index contributed by atoms with van der Waals surface area (Å²) in [5.41, 5.74) is 6.46. The molecule has 0 aliphatic rings. The molecule has 0 fully saturated rings. The molecule has 19 heavy (non-hydrogen) atoms. The molecule has 0 aliphatic carbocycles. The van der Waals surface area contributed by atoms with Gasteiger partial charge in [0, 0.05) is 0 Å². The SMILES string of the molecule is Cc1nnc(SCC(N)=O)n1-c1cccc(C#N)c1. The van der Waals surface area contributed by atoms with E-state index in [0.717, 1.165) is 5.69 Å². The van der Waals surface area contributed by atoms with E-state index in [0.29, 0.717) is 16.5 Å². The van der Waals surface area contributed by atoms with Gasteiger partial charge in [0.15, 0.2) is 5.16 Å². The molecule has 0 radical (unpaired) electrons. The van der Waals surface area contributed by atoms with Crippen LogP contribution in [-0.4, -0.2) is 26.4 Å². The first-order valence-corrected chi connectivity index (χ1v) is 6.44. The Balaban J connectivity index is 2.40. The van der Waals surface area contributed by atoms with Gasteiger partial charge in [-0.25, -0.2) is 0 Å². The Labute approximate surface area is 114 Å². The van der Waals surface area contributed by atoms with Crippen LogP contribution >= 0.6 is 11.8 Å². The maximum Gasteiger partial charge on any atom is 0.227 e. The number of hydrogen-bond donors (Lipinski definition) is 1. The highest BCUT2D eigenvalue weighted by Gasteiger charge is 2.12. The summed E-state index contributed by atoms with van der Waals surface area (Å²) in [6.45, 7) is 1.81. The predicted octanol–water partition coefficient (Wildman–Crippen LogP) is 1.02. The van der Waals surface area contributed by atoms with Crippen LogP contribution in [-0.2, 0) is 4.79 Å². The summed E-state index contributed by atoms with van der Waals surface area (Å²) in [4.78, 5) is 10.8. The van der Waals surface area contributed by atoms with Crippen molar-refractivity contribution in [2.75, 3.05) is 5.75 Å². The standard InChI is InChI=1S/C12H11N5OS/c1-8-15-16-12(19-7-11(14)18)17(8)10-4-2-3-9(5-10)6-13/h2-5H,7H2,1H3,(H2,14,18). The molecule has 0 saturated heterocycles. The number of carbonyl (C=O) groups excluding carboxylic acids is 1. The molecule has 0 unspecified atom stereocenters. The zero-order valence-electron chi connectivity index (χ0n) is 10.2. The van der Waals surface area contributed by atoms with Gasteiger partial charge < -0.3 is 5.73 Å². The van der Waals surface area contributed by atoms with Crippen LogP contribution in [0.25, 0.3) is 5.69 Å².